The molecule has 0 fully saturated rings. The summed E-state index contributed by atoms with van der Waals surface area (Å²) in [7, 11) is 0. The van der Waals surface area contributed by atoms with Crippen LogP contribution in [0.25, 0.3) is 5.69 Å². The van der Waals surface area contributed by atoms with E-state index in [4.69, 9.17) is 5.10 Å². The third-order valence-electron chi connectivity index (χ3n) is 3.70. The molecule has 2 aromatic heterocycles. The number of rotatable bonds is 6. The van der Waals surface area contributed by atoms with Crippen molar-refractivity contribution in [3.63, 3.8) is 0 Å². The molecule has 1 N–H and O–H groups in total. The Kier molecular flexibility index (Phi) is 5.15. The SMILES string of the molecule is CSc1ccc(NCc2cn(-c3ccccc3)nc2C(C)C)nn1. The van der Waals surface area contributed by atoms with Crippen molar-refractivity contribution in [1.29, 1.82) is 0 Å². The maximum Gasteiger partial charge on any atom is 0.148 e. The third kappa shape index (κ3) is 3.76. The van der Waals surface area contributed by atoms with Gasteiger partial charge < -0.3 is 5.32 Å². The van der Waals surface area contributed by atoms with Crippen molar-refractivity contribution in [1.82, 2.24) is 20.0 Å². The number of hydrogen-bond donors (Lipinski definition) is 1. The predicted octanol–water partition coefficient (Wildman–Crippen LogP) is 4.12. The first-order valence-corrected chi connectivity index (χ1v) is 9.15. The number of anilines is 1. The Hall–Kier alpha value is -2.34. The van der Waals surface area contributed by atoms with Crippen LogP contribution in [0.3, 0.4) is 0 Å². The highest BCUT2D eigenvalue weighted by molar-refractivity contribution is 7.98. The summed E-state index contributed by atoms with van der Waals surface area (Å²) in [4.78, 5) is 0. The molecule has 0 radical (unpaired) electrons. The maximum absolute atomic E-state index is 4.76. The molecule has 0 amide bonds. The van der Waals surface area contributed by atoms with Crippen LogP contribution in [0.4, 0.5) is 5.82 Å². The van der Waals surface area contributed by atoms with Crippen molar-refractivity contribution in [2.75, 3.05) is 11.6 Å². The van der Waals surface area contributed by atoms with E-state index < -0.39 is 0 Å². The zero-order chi connectivity index (χ0) is 16.9. The molecule has 1 aromatic carbocycles. The van der Waals surface area contributed by atoms with E-state index in [-0.39, 0.29) is 0 Å². The quantitative estimate of drug-likeness (QED) is 0.685. The molecule has 0 aliphatic carbocycles. The van der Waals surface area contributed by atoms with Crippen LogP contribution in [-0.2, 0) is 6.54 Å². The van der Waals surface area contributed by atoms with E-state index in [1.165, 1.54) is 5.56 Å². The van der Waals surface area contributed by atoms with Gasteiger partial charge >= 0.3 is 0 Å². The lowest BCUT2D eigenvalue weighted by molar-refractivity contribution is 0.763. The Bertz CT molecular complexity index is 781. The number of benzene rings is 1. The number of aromatic nitrogens is 4. The topological polar surface area (TPSA) is 55.6 Å². The van der Waals surface area contributed by atoms with Gasteiger partial charge in [-0.3, -0.25) is 0 Å². The highest BCUT2D eigenvalue weighted by Gasteiger charge is 2.13. The van der Waals surface area contributed by atoms with Crippen LogP contribution in [0.2, 0.25) is 0 Å². The van der Waals surface area contributed by atoms with Gasteiger partial charge in [0.1, 0.15) is 10.8 Å². The van der Waals surface area contributed by atoms with E-state index in [2.05, 4.69) is 47.7 Å². The van der Waals surface area contributed by atoms with Crippen LogP contribution < -0.4 is 5.32 Å². The van der Waals surface area contributed by atoms with Gasteiger partial charge in [-0.25, -0.2) is 4.68 Å². The summed E-state index contributed by atoms with van der Waals surface area (Å²) < 4.78 is 1.94. The highest BCUT2D eigenvalue weighted by atomic mass is 32.2. The molecular formula is C18H21N5S. The number of thioether (sulfide) groups is 1. The number of nitrogens with zero attached hydrogens (tertiary/aromatic N) is 4. The zero-order valence-electron chi connectivity index (χ0n) is 14.1. The number of hydrogen-bond acceptors (Lipinski definition) is 5. The Morgan fingerprint density at radius 3 is 2.50 bits per heavy atom. The molecule has 3 rings (SSSR count). The Morgan fingerprint density at radius 1 is 1.08 bits per heavy atom. The monoisotopic (exact) mass is 339 g/mol. The number of para-hydroxylation sites is 1. The fourth-order valence-electron chi connectivity index (χ4n) is 2.47. The summed E-state index contributed by atoms with van der Waals surface area (Å²) in [5.41, 5.74) is 3.33. The molecule has 0 bridgehead atoms. The fourth-order valence-corrected chi connectivity index (χ4v) is 2.79. The zero-order valence-corrected chi connectivity index (χ0v) is 14.9. The second-order valence-corrected chi connectivity index (χ2v) is 6.62. The molecule has 0 saturated heterocycles. The largest absolute Gasteiger partial charge is 0.364 e. The first-order chi connectivity index (χ1) is 11.7. The average molecular weight is 339 g/mol. The second kappa shape index (κ2) is 7.49. The smallest absolute Gasteiger partial charge is 0.148 e. The first-order valence-electron chi connectivity index (χ1n) is 7.93. The molecule has 0 aliphatic rings. The summed E-state index contributed by atoms with van der Waals surface area (Å²) in [5.74, 6) is 1.13. The van der Waals surface area contributed by atoms with E-state index in [1.54, 1.807) is 11.8 Å². The predicted molar refractivity (Wildman–Crippen MR) is 98.8 cm³/mol. The minimum absolute atomic E-state index is 0.358. The molecule has 124 valence electrons. The Morgan fingerprint density at radius 2 is 1.88 bits per heavy atom. The second-order valence-electron chi connectivity index (χ2n) is 5.79. The van der Waals surface area contributed by atoms with Gasteiger partial charge in [0.2, 0.25) is 0 Å². The lowest BCUT2D eigenvalue weighted by Crippen LogP contribution is -2.04. The van der Waals surface area contributed by atoms with Gasteiger partial charge in [0.25, 0.3) is 0 Å². The third-order valence-corrected chi connectivity index (χ3v) is 4.34. The normalized spacial score (nSPS) is 11.0. The van der Waals surface area contributed by atoms with Gasteiger partial charge in [-0.1, -0.05) is 32.0 Å². The van der Waals surface area contributed by atoms with Crippen LogP contribution in [0.1, 0.15) is 31.0 Å². The van der Waals surface area contributed by atoms with E-state index in [0.29, 0.717) is 12.5 Å². The van der Waals surface area contributed by atoms with Gasteiger partial charge in [-0.05, 0) is 36.4 Å². The minimum Gasteiger partial charge on any atom is -0.364 e. The van der Waals surface area contributed by atoms with Gasteiger partial charge in [0.05, 0.1) is 11.4 Å². The van der Waals surface area contributed by atoms with Crippen molar-refractivity contribution in [3.8, 4) is 5.69 Å². The highest BCUT2D eigenvalue weighted by Crippen LogP contribution is 2.21. The summed E-state index contributed by atoms with van der Waals surface area (Å²) >= 11 is 1.58. The van der Waals surface area contributed by atoms with Crippen LogP contribution in [0.5, 0.6) is 0 Å². The molecule has 0 aliphatic heterocycles. The van der Waals surface area contributed by atoms with Crippen LogP contribution >= 0.6 is 11.8 Å². The van der Waals surface area contributed by atoms with Crippen LogP contribution in [0, 0.1) is 0 Å². The molecule has 5 nitrogen and oxygen atoms in total. The van der Waals surface area contributed by atoms with Crippen molar-refractivity contribution in [3.05, 3.63) is 59.9 Å². The first kappa shape index (κ1) is 16.5. The minimum atomic E-state index is 0.358. The van der Waals surface area contributed by atoms with Gasteiger partial charge in [0.15, 0.2) is 0 Å². The van der Waals surface area contributed by atoms with Crippen LogP contribution in [-0.4, -0.2) is 26.2 Å². The lowest BCUT2D eigenvalue weighted by atomic mass is 10.1. The maximum atomic E-state index is 4.76. The average Bonchev–Trinajstić information content (AvgIpc) is 3.06. The molecular weight excluding hydrogens is 318 g/mol. The summed E-state index contributed by atoms with van der Waals surface area (Å²) in [6.45, 7) is 5.00. The van der Waals surface area contributed by atoms with E-state index in [0.717, 1.165) is 22.2 Å². The van der Waals surface area contributed by atoms with Crippen molar-refractivity contribution < 1.29 is 0 Å². The van der Waals surface area contributed by atoms with Gasteiger partial charge in [-0.2, -0.15) is 5.10 Å². The molecule has 3 aromatic rings. The van der Waals surface area contributed by atoms with Gasteiger partial charge in [0, 0.05) is 18.3 Å². The Balaban J connectivity index is 1.80. The molecule has 6 heteroatoms. The van der Waals surface area contributed by atoms with Crippen molar-refractivity contribution in [2.45, 2.75) is 31.3 Å². The number of nitrogens with one attached hydrogen (secondary N) is 1. The molecule has 0 atom stereocenters. The molecule has 0 spiro atoms. The summed E-state index contributed by atoms with van der Waals surface area (Å²) in [6, 6.07) is 14.1. The molecule has 0 unspecified atom stereocenters. The summed E-state index contributed by atoms with van der Waals surface area (Å²) in [6.07, 6.45) is 4.07. The Labute approximate surface area is 146 Å². The van der Waals surface area contributed by atoms with E-state index in [9.17, 15) is 0 Å². The molecule has 0 saturated carbocycles. The molecule has 24 heavy (non-hydrogen) atoms. The van der Waals surface area contributed by atoms with Crippen LogP contribution in [0.15, 0.2) is 53.7 Å². The van der Waals surface area contributed by atoms with Crippen molar-refractivity contribution in [2.24, 2.45) is 0 Å². The molecule has 2 heterocycles. The summed E-state index contributed by atoms with van der Waals surface area (Å²) in [5, 5.41) is 17.4. The van der Waals surface area contributed by atoms with E-state index in [1.807, 2.05) is 41.3 Å². The fraction of sp³-hybridized carbons (Fsp3) is 0.278. The van der Waals surface area contributed by atoms with E-state index >= 15 is 0 Å². The lowest BCUT2D eigenvalue weighted by Gasteiger charge is -2.07. The standard InChI is InChI=1S/C18H21N5S/c1-13(2)18-14(11-19-16-9-10-17(24-3)21-20-16)12-23(22-18)15-7-5-4-6-8-15/h4-10,12-13H,11H2,1-3H3,(H,19,20). The van der Waals surface area contributed by atoms with Crippen molar-refractivity contribution >= 4 is 17.6 Å². The van der Waals surface area contributed by atoms with Gasteiger partial charge in [-0.15, -0.1) is 22.0 Å².